The highest BCUT2D eigenvalue weighted by molar-refractivity contribution is 6.37. The Morgan fingerprint density at radius 3 is 2.37 bits per heavy atom. The molecule has 0 aliphatic rings. The first-order chi connectivity index (χ1) is 17.9. The summed E-state index contributed by atoms with van der Waals surface area (Å²) in [4.78, 5) is 26.2. The number of rotatable bonds is 7. The number of nitrogen functional groups attached to an aromatic ring is 1. The van der Waals surface area contributed by atoms with Gasteiger partial charge in [0.1, 0.15) is 0 Å². The lowest BCUT2D eigenvalue weighted by atomic mass is 9.97. The maximum atomic E-state index is 14.2. The fraction of sp³-hybridized carbons (Fsp3) is 0.310. The van der Waals surface area contributed by atoms with Crippen LogP contribution in [0.15, 0.2) is 53.5 Å². The van der Waals surface area contributed by atoms with E-state index < -0.39 is 11.8 Å². The van der Waals surface area contributed by atoms with Gasteiger partial charge in [-0.3, -0.25) is 9.59 Å². The second kappa shape index (κ2) is 10.3. The quantitative estimate of drug-likeness (QED) is 0.264. The smallest absolute Gasteiger partial charge is 0.274 e. The number of pyridine rings is 1. The number of aryl methyl sites for hydroxylation is 2. The summed E-state index contributed by atoms with van der Waals surface area (Å²) in [6.07, 6.45) is 1.48. The van der Waals surface area contributed by atoms with Crippen molar-refractivity contribution in [3.05, 3.63) is 92.0 Å². The highest BCUT2D eigenvalue weighted by atomic mass is 35.5. The number of nitrogens with one attached hydrogen (secondary N) is 1. The van der Waals surface area contributed by atoms with E-state index in [1.54, 1.807) is 44.3 Å². The molecule has 2 aromatic heterocycles. The second-order valence-corrected chi connectivity index (χ2v) is 10.2. The number of hydrogen-bond acceptors (Lipinski definition) is 3. The predicted octanol–water partition coefficient (Wildman–Crippen LogP) is 6.47. The van der Waals surface area contributed by atoms with Gasteiger partial charge in [-0.1, -0.05) is 42.8 Å². The van der Waals surface area contributed by atoms with Gasteiger partial charge in [0.05, 0.1) is 16.1 Å². The summed E-state index contributed by atoms with van der Waals surface area (Å²) < 4.78 is 31.4. The number of fused-ring (bicyclic) bond motifs is 1. The van der Waals surface area contributed by atoms with Gasteiger partial charge in [-0.15, -0.1) is 0 Å². The predicted molar refractivity (Wildman–Crippen MR) is 148 cm³/mol. The molecule has 4 rings (SSSR count). The number of alkyl halides is 2. The number of carbonyl (C=O) groups is 1. The average Bonchev–Trinajstić information content (AvgIpc) is 3.23. The third kappa shape index (κ3) is 4.92. The topological polar surface area (TPSA) is 82.1 Å². The van der Waals surface area contributed by atoms with Crippen molar-refractivity contribution in [1.82, 2.24) is 14.6 Å². The minimum atomic E-state index is -2.91. The number of benzene rings is 2. The van der Waals surface area contributed by atoms with Crippen molar-refractivity contribution < 1.29 is 13.6 Å². The van der Waals surface area contributed by atoms with Crippen LogP contribution in [-0.2, 0) is 12.5 Å². The van der Waals surface area contributed by atoms with Crippen molar-refractivity contribution in [3.63, 3.8) is 0 Å². The first-order valence-corrected chi connectivity index (χ1v) is 12.8. The van der Waals surface area contributed by atoms with Crippen molar-refractivity contribution >= 4 is 28.4 Å². The molecule has 0 unspecified atom stereocenters. The second-order valence-electron chi connectivity index (χ2n) is 9.84. The van der Waals surface area contributed by atoms with Crippen molar-refractivity contribution in [3.8, 4) is 11.1 Å². The zero-order valence-electron chi connectivity index (χ0n) is 22.0. The summed E-state index contributed by atoms with van der Waals surface area (Å²) in [5, 5.41) is 3.83. The third-order valence-corrected chi connectivity index (χ3v) is 7.24. The molecule has 200 valence electrons. The Morgan fingerprint density at radius 2 is 1.76 bits per heavy atom. The van der Waals surface area contributed by atoms with Gasteiger partial charge in [0, 0.05) is 47.4 Å². The zero-order chi connectivity index (χ0) is 27.9. The summed E-state index contributed by atoms with van der Waals surface area (Å²) in [5.41, 5.74) is 3.71. The fourth-order valence-electron chi connectivity index (χ4n) is 4.64. The SMILES string of the molecule is CCC(F)(F)c1ccc(-c2cc(C(=O)NCc3c(C)cc(C)n(N)c3=O)c3c(Cl)cn(C(C)C)c3c2)cc1. The molecule has 2 aromatic carbocycles. The lowest BCUT2D eigenvalue weighted by molar-refractivity contribution is -0.00827. The van der Waals surface area contributed by atoms with E-state index in [4.69, 9.17) is 17.4 Å². The molecule has 9 heteroatoms. The molecular weight excluding hydrogens is 510 g/mol. The Balaban J connectivity index is 1.80. The van der Waals surface area contributed by atoms with E-state index in [0.29, 0.717) is 38.4 Å². The van der Waals surface area contributed by atoms with Crippen LogP contribution in [0.3, 0.4) is 0 Å². The Bertz CT molecular complexity index is 1590. The van der Waals surface area contributed by atoms with Crippen LogP contribution in [0.5, 0.6) is 0 Å². The molecule has 0 saturated carbocycles. The number of nitrogens with two attached hydrogens (primary N) is 1. The van der Waals surface area contributed by atoms with E-state index in [1.165, 1.54) is 19.1 Å². The van der Waals surface area contributed by atoms with Crippen LogP contribution in [-0.4, -0.2) is 15.2 Å². The number of hydrogen-bond donors (Lipinski definition) is 2. The molecule has 0 aliphatic heterocycles. The van der Waals surface area contributed by atoms with E-state index in [1.807, 2.05) is 24.5 Å². The van der Waals surface area contributed by atoms with Crippen molar-refractivity contribution in [2.24, 2.45) is 0 Å². The molecule has 6 nitrogen and oxygen atoms in total. The molecule has 0 bridgehead atoms. The molecule has 0 spiro atoms. The summed E-state index contributed by atoms with van der Waals surface area (Å²) in [6.45, 7) is 8.95. The fourth-order valence-corrected chi connectivity index (χ4v) is 4.95. The van der Waals surface area contributed by atoms with E-state index in [-0.39, 0.29) is 30.1 Å². The van der Waals surface area contributed by atoms with Crippen LogP contribution in [0.4, 0.5) is 8.78 Å². The lowest BCUT2D eigenvalue weighted by Gasteiger charge is -2.16. The maximum Gasteiger partial charge on any atom is 0.274 e. The molecule has 38 heavy (non-hydrogen) atoms. The maximum absolute atomic E-state index is 14.2. The van der Waals surface area contributed by atoms with E-state index in [0.717, 1.165) is 15.8 Å². The van der Waals surface area contributed by atoms with Crippen LogP contribution in [0.2, 0.25) is 5.02 Å². The van der Waals surface area contributed by atoms with Crippen LogP contribution >= 0.6 is 11.6 Å². The molecule has 1 amide bonds. The molecule has 0 radical (unpaired) electrons. The monoisotopic (exact) mass is 540 g/mol. The molecule has 4 aromatic rings. The van der Waals surface area contributed by atoms with Gasteiger partial charge in [-0.2, -0.15) is 0 Å². The van der Waals surface area contributed by atoms with E-state index >= 15 is 0 Å². The van der Waals surface area contributed by atoms with Crippen LogP contribution in [0, 0.1) is 13.8 Å². The van der Waals surface area contributed by atoms with Gasteiger partial charge >= 0.3 is 0 Å². The minimum absolute atomic E-state index is 0.0179. The van der Waals surface area contributed by atoms with E-state index in [2.05, 4.69) is 5.32 Å². The lowest BCUT2D eigenvalue weighted by Crippen LogP contribution is -2.35. The van der Waals surface area contributed by atoms with Crippen LogP contribution in [0.25, 0.3) is 22.0 Å². The van der Waals surface area contributed by atoms with Crippen LogP contribution < -0.4 is 16.7 Å². The van der Waals surface area contributed by atoms with Crippen molar-refractivity contribution in [1.29, 1.82) is 0 Å². The number of halogens is 3. The number of carbonyl (C=O) groups excluding carboxylic acids is 1. The standard InChI is InChI=1S/C29H31ClF2N4O2/c1-6-29(31,32)21-9-7-19(8-10-21)20-12-22(26-24(30)15-35(16(2)3)25(26)13-20)27(37)34-14-23-17(4)11-18(5)36(33)28(23)38/h7-13,15-16H,6,14,33H2,1-5H3,(H,34,37). The molecule has 2 heterocycles. The first-order valence-electron chi connectivity index (χ1n) is 12.4. The normalized spacial score (nSPS) is 11.9. The third-order valence-electron chi connectivity index (χ3n) is 6.96. The highest BCUT2D eigenvalue weighted by Crippen LogP contribution is 2.37. The molecule has 0 saturated heterocycles. The van der Waals surface area contributed by atoms with Gasteiger partial charge in [0.25, 0.3) is 17.4 Å². The van der Waals surface area contributed by atoms with Crippen molar-refractivity contribution in [2.75, 3.05) is 5.84 Å². The highest BCUT2D eigenvalue weighted by Gasteiger charge is 2.28. The minimum Gasteiger partial charge on any atom is -0.348 e. The molecule has 0 atom stereocenters. The van der Waals surface area contributed by atoms with E-state index in [9.17, 15) is 18.4 Å². The van der Waals surface area contributed by atoms with Gasteiger partial charge in [0.2, 0.25) is 0 Å². The average molecular weight is 541 g/mol. The summed E-state index contributed by atoms with van der Waals surface area (Å²) in [6, 6.07) is 11.5. The Labute approximate surface area is 225 Å². The number of nitrogens with zero attached hydrogens (tertiary/aromatic N) is 2. The zero-order valence-corrected chi connectivity index (χ0v) is 22.8. The Hall–Kier alpha value is -3.65. The molecule has 3 N–H and O–H groups in total. The van der Waals surface area contributed by atoms with Gasteiger partial charge < -0.3 is 15.7 Å². The summed E-state index contributed by atoms with van der Waals surface area (Å²) in [7, 11) is 0. The summed E-state index contributed by atoms with van der Waals surface area (Å²) >= 11 is 6.61. The Morgan fingerprint density at radius 1 is 1.11 bits per heavy atom. The largest absolute Gasteiger partial charge is 0.348 e. The molecular formula is C29H31ClF2N4O2. The van der Waals surface area contributed by atoms with Gasteiger partial charge in [-0.25, -0.2) is 13.5 Å². The summed E-state index contributed by atoms with van der Waals surface area (Å²) in [5.74, 6) is 2.52. The van der Waals surface area contributed by atoms with Crippen molar-refractivity contribution in [2.45, 2.75) is 59.5 Å². The number of amides is 1. The number of aromatic nitrogens is 2. The molecule has 0 aliphatic carbocycles. The Kier molecular flexibility index (Phi) is 7.39. The van der Waals surface area contributed by atoms with Gasteiger partial charge in [-0.05, 0) is 62.6 Å². The molecule has 0 fully saturated rings. The first kappa shape index (κ1) is 27.4. The van der Waals surface area contributed by atoms with Gasteiger partial charge in [0.15, 0.2) is 0 Å². The van der Waals surface area contributed by atoms with Crippen LogP contribution in [0.1, 0.15) is 66.0 Å².